The highest BCUT2D eigenvalue weighted by molar-refractivity contribution is 5.64. The van der Waals surface area contributed by atoms with Crippen molar-refractivity contribution in [3.05, 3.63) is 95.1 Å². The number of piperazine rings is 1. The molecule has 10 heteroatoms. The van der Waals surface area contributed by atoms with Crippen LogP contribution in [0.2, 0.25) is 0 Å². The molecule has 4 rings (SSSR count). The minimum atomic E-state index is -5.91. The molecule has 1 aliphatic heterocycles. The maximum absolute atomic E-state index is 13.1. The number of benzene rings is 3. The number of alkyl halides is 6. The lowest BCUT2D eigenvalue weighted by atomic mass is 9.90. The number of hydrogen-bond acceptors (Lipinski definition) is 4. The molecule has 0 radical (unpaired) electrons. The average molecular weight is 539 g/mol. The molecule has 1 saturated heterocycles. The molecule has 0 aliphatic carbocycles. The molecule has 0 aromatic heterocycles. The second kappa shape index (κ2) is 11.1. The number of rotatable bonds is 7. The molecule has 0 bridgehead atoms. The molecule has 1 aliphatic rings. The Balaban J connectivity index is 1.35. The Morgan fingerprint density at radius 1 is 0.605 bits per heavy atom. The van der Waals surface area contributed by atoms with Crippen molar-refractivity contribution in [3.63, 3.8) is 0 Å². The lowest BCUT2D eigenvalue weighted by Crippen LogP contribution is -2.53. The summed E-state index contributed by atoms with van der Waals surface area (Å²) < 4.78 is 78.7. The van der Waals surface area contributed by atoms with Crippen LogP contribution in [0.3, 0.4) is 0 Å². The molecule has 3 aromatic rings. The summed E-state index contributed by atoms with van der Waals surface area (Å²) in [5, 5.41) is 18.9. The first kappa shape index (κ1) is 28.1. The summed E-state index contributed by atoms with van der Waals surface area (Å²) in [5.41, 5.74) is -2.05. The van der Waals surface area contributed by atoms with Gasteiger partial charge in [0.05, 0.1) is 6.61 Å². The van der Waals surface area contributed by atoms with Crippen molar-refractivity contribution in [2.45, 2.75) is 37.7 Å². The van der Waals surface area contributed by atoms with Gasteiger partial charge in [-0.3, -0.25) is 9.80 Å². The fourth-order valence-electron chi connectivity index (χ4n) is 4.64. The minimum absolute atomic E-state index is 0.0190. The van der Waals surface area contributed by atoms with Gasteiger partial charge in [-0.15, -0.1) is 0 Å². The number of aliphatic hydroxyl groups excluding tert-OH is 1. The Morgan fingerprint density at radius 2 is 1.05 bits per heavy atom. The van der Waals surface area contributed by atoms with E-state index < -0.39 is 23.5 Å². The summed E-state index contributed by atoms with van der Waals surface area (Å²) in [6, 6.07) is 18.8. The highest BCUT2D eigenvalue weighted by atomic mass is 19.4. The molecule has 1 heterocycles. The van der Waals surface area contributed by atoms with Gasteiger partial charge in [0.25, 0.3) is 5.60 Å². The van der Waals surface area contributed by atoms with Crippen LogP contribution in [0.5, 0.6) is 0 Å². The monoisotopic (exact) mass is 538 g/mol. The number of aliphatic hydroxyl groups is 2. The van der Waals surface area contributed by atoms with Crippen molar-refractivity contribution in [1.82, 2.24) is 9.80 Å². The number of halogens is 6. The average Bonchev–Trinajstić information content (AvgIpc) is 2.89. The van der Waals surface area contributed by atoms with Crippen LogP contribution in [0, 0.1) is 0 Å². The van der Waals surface area contributed by atoms with Gasteiger partial charge in [0.1, 0.15) is 0 Å². The predicted molar refractivity (Wildman–Crippen MR) is 131 cm³/mol. The lowest BCUT2D eigenvalue weighted by molar-refractivity contribution is -0.376. The van der Waals surface area contributed by atoms with Gasteiger partial charge in [0.15, 0.2) is 0 Å². The van der Waals surface area contributed by atoms with E-state index in [4.69, 9.17) is 0 Å². The second-order valence-electron chi connectivity index (χ2n) is 9.51. The van der Waals surface area contributed by atoms with Gasteiger partial charge < -0.3 is 10.2 Å². The highest BCUT2D eigenvalue weighted by Crippen LogP contribution is 2.50. The minimum Gasteiger partial charge on any atom is -0.392 e. The van der Waals surface area contributed by atoms with E-state index in [1.807, 2.05) is 36.4 Å². The first-order chi connectivity index (χ1) is 17.9. The predicted octanol–water partition coefficient (Wildman–Crippen LogP) is 5.48. The summed E-state index contributed by atoms with van der Waals surface area (Å²) in [4.78, 5) is 4.68. The Kier molecular flexibility index (Phi) is 8.17. The van der Waals surface area contributed by atoms with E-state index in [-0.39, 0.29) is 6.61 Å². The van der Waals surface area contributed by atoms with Crippen molar-refractivity contribution >= 4 is 0 Å². The second-order valence-corrected chi connectivity index (χ2v) is 9.51. The van der Waals surface area contributed by atoms with Gasteiger partial charge in [-0.25, -0.2) is 0 Å². The maximum atomic E-state index is 13.1. The van der Waals surface area contributed by atoms with Gasteiger partial charge in [0.2, 0.25) is 0 Å². The van der Waals surface area contributed by atoms with E-state index in [1.165, 1.54) is 0 Å². The van der Waals surface area contributed by atoms with Gasteiger partial charge in [0, 0.05) is 44.8 Å². The van der Waals surface area contributed by atoms with Crippen molar-refractivity contribution < 1.29 is 36.6 Å². The maximum Gasteiger partial charge on any atom is 0.430 e. The Labute approximate surface area is 216 Å². The fourth-order valence-corrected chi connectivity index (χ4v) is 4.64. The third-order valence-electron chi connectivity index (χ3n) is 6.86. The molecular formula is C28H28F6N2O2. The Hall–Kier alpha value is -2.92. The van der Waals surface area contributed by atoms with Crippen LogP contribution >= 0.6 is 0 Å². The molecule has 0 spiro atoms. The van der Waals surface area contributed by atoms with Crippen LogP contribution < -0.4 is 0 Å². The molecule has 0 amide bonds. The standard InChI is InChI=1S/C28H28F6N2O2/c29-27(30,31)26(38,28(32,33)34)25-10-8-24(9-11-25)23-6-4-20(5-7-23)17-35-12-14-36(15-13-35)18-21-2-1-3-22(16-21)19-37/h1-11,16,37-38H,12-15,17-19H2. The first-order valence-corrected chi connectivity index (χ1v) is 12.1. The smallest absolute Gasteiger partial charge is 0.392 e. The van der Waals surface area contributed by atoms with Crippen LogP contribution in [0.15, 0.2) is 72.8 Å². The zero-order valence-corrected chi connectivity index (χ0v) is 20.4. The lowest BCUT2D eigenvalue weighted by Gasteiger charge is -2.34. The fraction of sp³-hybridized carbons (Fsp3) is 0.357. The quantitative estimate of drug-likeness (QED) is 0.392. The molecule has 204 valence electrons. The molecule has 4 nitrogen and oxygen atoms in total. The molecular weight excluding hydrogens is 510 g/mol. The van der Waals surface area contributed by atoms with Crippen LogP contribution in [0.1, 0.15) is 22.3 Å². The number of hydrogen-bond donors (Lipinski definition) is 2. The topological polar surface area (TPSA) is 46.9 Å². The van der Waals surface area contributed by atoms with Gasteiger partial charge in [-0.2, -0.15) is 26.3 Å². The summed E-state index contributed by atoms with van der Waals surface area (Å²) in [6.45, 7) is 5.11. The summed E-state index contributed by atoms with van der Waals surface area (Å²) in [7, 11) is 0. The first-order valence-electron chi connectivity index (χ1n) is 12.1. The van der Waals surface area contributed by atoms with E-state index in [0.717, 1.165) is 68.1 Å². The molecule has 1 fully saturated rings. The Bertz CT molecular complexity index is 1190. The van der Waals surface area contributed by atoms with Crippen LogP contribution in [0.4, 0.5) is 26.3 Å². The van der Waals surface area contributed by atoms with E-state index in [0.29, 0.717) is 23.3 Å². The van der Waals surface area contributed by atoms with Gasteiger partial charge in [-0.05, 0) is 27.8 Å². The normalized spacial score (nSPS) is 16.1. The van der Waals surface area contributed by atoms with Gasteiger partial charge in [-0.1, -0.05) is 72.8 Å². The van der Waals surface area contributed by atoms with Crippen LogP contribution in [-0.4, -0.2) is 58.5 Å². The molecule has 2 N–H and O–H groups in total. The van der Waals surface area contributed by atoms with Crippen molar-refractivity contribution in [3.8, 4) is 11.1 Å². The largest absolute Gasteiger partial charge is 0.430 e. The molecule has 0 unspecified atom stereocenters. The van der Waals surface area contributed by atoms with E-state index in [1.54, 1.807) is 12.1 Å². The number of nitrogens with zero attached hydrogens (tertiary/aromatic N) is 2. The van der Waals surface area contributed by atoms with Crippen molar-refractivity contribution in [1.29, 1.82) is 0 Å². The van der Waals surface area contributed by atoms with Crippen molar-refractivity contribution in [2.75, 3.05) is 26.2 Å². The third-order valence-corrected chi connectivity index (χ3v) is 6.86. The molecule has 3 aromatic carbocycles. The summed E-state index contributed by atoms with van der Waals surface area (Å²) in [6.07, 6.45) is -11.8. The third kappa shape index (κ3) is 6.04. The highest BCUT2D eigenvalue weighted by Gasteiger charge is 2.71. The summed E-state index contributed by atoms with van der Waals surface area (Å²) >= 11 is 0. The van der Waals surface area contributed by atoms with Crippen LogP contribution in [-0.2, 0) is 25.3 Å². The molecule has 0 saturated carbocycles. The van der Waals surface area contributed by atoms with E-state index in [9.17, 15) is 36.6 Å². The van der Waals surface area contributed by atoms with Crippen molar-refractivity contribution in [2.24, 2.45) is 0 Å². The van der Waals surface area contributed by atoms with E-state index >= 15 is 0 Å². The zero-order chi connectivity index (χ0) is 27.6. The molecule has 0 atom stereocenters. The Morgan fingerprint density at radius 3 is 1.53 bits per heavy atom. The zero-order valence-electron chi connectivity index (χ0n) is 20.4. The SMILES string of the molecule is OCc1cccc(CN2CCN(Cc3ccc(-c4ccc(C(O)(C(F)(F)F)C(F)(F)F)cc4)cc3)CC2)c1. The van der Waals surface area contributed by atoms with Gasteiger partial charge >= 0.3 is 12.4 Å². The van der Waals surface area contributed by atoms with E-state index in [2.05, 4.69) is 9.80 Å². The summed E-state index contributed by atoms with van der Waals surface area (Å²) in [5.74, 6) is 0. The molecule has 38 heavy (non-hydrogen) atoms. The van der Waals surface area contributed by atoms with Crippen LogP contribution in [0.25, 0.3) is 11.1 Å².